The number of rotatable bonds is 3. The number of ether oxygens (including phenoxy) is 1. The van der Waals surface area contributed by atoms with Crippen molar-refractivity contribution in [3.8, 4) is 0 Å². The van der Waals surface area contributed by atoms with Crippen molar-refractivity contribution in [2.45, 2.75) is 25.6 Å². The Hall–Kier alpha value is -0.740. The molecular formula is C5H6F3O2. The summed E-state index contributed by atoms with van der Waals surface area (Å²) in [5.74, 6) is 0. The van der Waals surface area contributed by atoms with E-state index in [-0.39, 0.29) is 6.42 Å². The van der Waals surface area contributed by atoms with E-state index in [4.69, 9.17) is 0 Å². The lowest BCUT2D eigenvalue weighted by Crippen LogP contribution is -2.30. The van der Waals surface area contributed by atoms with E-state index >= 15 is 0 Å². The normalized spacial score (nSPS) is 14.4. The summed E-state index contributed by atoms with van der Waals surface area (Å²) < 4.78 is 38.4. The van der Waals surface area contributed by atoms with E-state index in [0.29, 0.717) is 0 Å². The molecule has 59 valence electrons. The Morgan fingerprint density at radius 3 is 2.20 bits per heavy atom. The van der Waals surface area contributed by atoms with Crippen molar-refractivity contribution >= 4 is 6.47 Å². The molecule has 5 heteroatoms. The van der Waals surface area contributed by atoms with Crippen LogP contribution in [0, 0.1) is 0 Å². The fourth-order valence-electron chi connectivity index (χ4n) is 0.440. The first-order chi connectivity index (χ1) is 4.52. The van der Waals surface area contributed by atoms with E-state index in [1.807, 2.05) is 0 Å². The van der Waals surface area contributed by atoms with Gasteiger partial charge in [-0.2, -0.15) is 13.2 Å². The topological polar surface area (TPSA) is 26.3 Å². The lowest BCUT2D eigenvalue weighted by Gasteiger charge is -2.14. The molecule has 0 aromatic rings. The molecule has 0 N–H and O–H groups in total. The standard InChI is InChI=1S/C5H6F3O2/c1-2-4(10-3-9)5(6,7)8/h4H,2H2,1H3. The fraction of sp³-hybridized carbons (Fsp3) is 0.800. The molecule has 1 unspecified atom stereocenters. The van der Waals surface area contributed by atoms with Gasteiger partial charge in [-0.15, -0.1) is 0 Å². The van der Waals surface area contributed by atoms with Gasteiger partial charge in [0.05, 0.1) is 0 Å². The van der Waals surface area contributed by atoms with Gasteiger partial charge in [0.2, 0.25) is 0 Å². The van der Waals surface area contributed by atoms with Crippen molar-refractivity contribution in [3.63, 3.8) is 0 Å². The van der Waals surface area contributed by atoms with Crippen LogP contribution in [0.5, 0.6) is 0 Å². The van der Waals surface area contributed by atoms with Crippen LogP contribution in [0.25, 0.3) is 0 Å². The van der Waals surface area contributed by atoms with E-state index in [1.54, 1.807) is 0 Å². The average Bonchev–Trinajstić information content (AvgIpc) is 1.80. The highest BCUT2D eigenvalue weighted by atomic mass is 19.4. The van der Waals surface area contributed by atoms with E-state index < -0.39 is 12.3 Å². The predicted molar refractivity (Wildman–Crippen MR) is 26.9 cm³/mol. The summed E-state index contributed by atoms with van der Waals surface area (Å²) in [6.07, 6.45) is -6.75. The molecule has 0 heterocycles. The van der Waals surface area contributed by atoms with Crippen LogP contribution in [-0.2, 0) is 9.53 Å². The smallest absolute Gasteiger partial charge is 0.425 e. The molecule has 0 aromatic heterocycles. The van der Waals surface area contributed by atoms with Crippen molar-refractivity contribution < 1.29 is 22.7 Å². The van der Waals surface area contributed by atoms with Gasteiger partial charge in [0.15, 0.2) is 6.10 Å². The van der Waals surface area contributed by atoms with Gasteiger partial charge >= 0.3 is 12.6 Å². The van der Waals surface area contributed by atoms with Crippen LogP contribution in [0.1, 0.15) is 13.3 Å². The number of hydrogen-bond acceptors (Lipinski definition) is 2. The third-order valence-electron chi connectivity index (χ3n) is 0.926. The van der Waals surface area contributed by atoms with Gasteiger partial charge in [0.1, 0.15) is 0 Å². The zero-order chi connectivity index (χ0) is 8.20. The molecule has 0 bridgehead atoms. The fourth-order valence-corrected chi connectivity index (χ4v) is 0.440. The summed E-state index contributed by atoms with van der Waals surface area (Å²) in [4.78, 5) is 9.37. The molecule has 0 saturated carbocycles. The maximum atomic E-state index is 11.6. The van der Waals surface area contributed by atoms with Crippen LogP contribution in [0.4, 0.5) is 13.2 Å². The Bertz CT molecular complexity index is 110. The summed E-state index contributed by atoms with van der Waals surface area (Å²) in [5, 5.41) is 0. The monoisotopic (exact) mass is 155 g/mol. The summed E-state index contributed by atoms with van der Waals surface area (Å²) in [6.45, 7) is 2.03. The lowest BCUT2D eigenvalue weighted by atomic mass is 10.3. The zero-order valence-corrected chi connectivity index (χ0v) is 5.23. The Morgan fingerprint density at radius 2 is 2.10 bits per heavy atom. The molecular weight excluding hydrogens is 149 g/mol. The second-order valence-electron chi connectivity index (χ2n) is 1.64. The van der Waals surface area contributed by atoms with Gasteiger partial charge < -0.3 is 4.74 Å². The molecule has 0 aromatic carbocycles. The molecule has 2 nitrogen and oxygen atoms in total. The van der Waals surface area contributed by atoms with Gasteiger partial charge in [-0.25, -0.2) is 4.79 Å². The molecule has 10 heavy (non-hydrogen) atoms. The van der Waals surface area contributed by atoms with E-state index in [9.17, 15) is 18.0 Å². The minimum atomic E-state index is -4.47. The Morgan fingerprint density at radius 1 is 1.60 bits per heavy atom. The highest BCUT2D eigenvalue weighted by molar-refractivity contribution is 5.38. The second kappa shape index (κ2) is 3.43. The van der Waals surface area contributed by atoms with Crippen molar-refractivity contribution in [1.82, 2.24) is 0 Å². The highest BCUT2D eigenvalue weighted by Gasteiger charge is 2.40. The van der Waals surface area contributed by atoms with Crippen molar-refractivity contribution in [2.24, 2.45) is 0 Å². The molecule has 0 aliphatic rings. The summed E-state index contributed by atoms with van der Waals surface area (Å²) >= 11 is 0. The minimum absolute atomic E-state index is 0.279. The van der Waals surface area contributed by atoms with Gasteiger partial charge in [0, 0.05) is 0 Å². The van der Waals surface area contributed by atoms with Crippen molar-refractivity contribution in [2.75, 3.05) is 0 Å². The average molecular weight is 155 g/mol. The van der Waals surface area contributed by atoms with Crippen LogP contribution >= 0.6 is 0 Å². The van der Waals surface area contributed by atoms with Gasteiger partial charge in [-0.1, -0.05) is 6.92 Å². The van der Waals surface area contributed by atoms with Crippen LogP contribution in [0.2, 0.25) is 0 Å². The maximum absolute atomic E-state index is 11.6. The zero-order valence-electron chi connectivity index (χ0n) is 5.23. The highest BCUT2D eigenvalue weighted by Crippen LogP contribution is 2.24. The minimum Gasteiger partial charge on any atom is -0.444 e. The predicted octanol–water partition coefficient (Wildman–Crippen LogP) is 1.41. The molecule has 1 radical (unpaired) electrons. The first-order valence-corrected chi connectivity index (χ1v) is 2.61. The Kier molecular flexibility index (Phi) is 3.18. The summed E-state index contributed by atoms with van der Waals surface area (Å²) in [7, 11) is 0. The quantitative estimate of drug-likeness (QED) is 0.615. The van der Waals surface area contributed by atoms with E-state index in [0.717, 1.165) is 6.47 Å². The van der Waals surface area contributed by atoms with Crippen molar-refractivity contribution in [1.29, 1.82) is 0 Å². The molecule has 0 aliphatic heterocycles. The first kappa shape index (κ1) is 9.26. The van der Waals surface area contributed by atoms with E-state index in [2.05, 4.69) is 4.74 Å². The first-order valence-electron chi connectivity index (χ1n) is 2.61. The number of hydrogen-bond donors (Lipinski definition) is 0. The second-order valence-corrected chi connectivity index (χ2v) is 1.64. The maximum Gasteiger partial charge on any atom is 0.425 e. The van der Waals surface area contributed by atoms with Crippen LogP contribution in [0.15, 0.2) is 0 Å². The molecule has 0 amide bonds. The number of halogens is 3. The molecule has 0 spiro atoms. The van der Waals surface area contributed by atoms with Crippen LogP contribution in [-0.4, -0.2) is 18.8 Å². The summed E-state index contributed by atoms with van der Waals surface area (Å²) in [6, 6.07) is 0. The SMILES string of the molecule is CCC(O[C]=O)C(F)(F)F. The van der Waals surface area contributed by atoms with Gasteiger partial charge in [-0.05, 0) is 6.42 Å². The third-order valence-corrected chi connectivity index (χ3v) is 0.926. The summed E-state index contributed by atoms with van der Waals surface area (Å²) in [5.41, 5.74) is 0. The van der Waals surface area contributed by atoms with Crippen molar-refractivity contribution in [3.05, 3.63) is 0 Å². The van der Waals surface area contributed by atoms with E-state index in [1.165, 1.54) is 6.92 Å². The molecule has 0 saturated heterocycles. The van der Waals surface area contributed by atoms with Crippen LogP contribution < -0.4 is 0 Å². The lowest BCUT2D eigenvalue weighted by molar-refractivity contribution is -0.199. The molecule has 0 aliphatic carbocycles. The Balaban J connectivity index is 3.92. The third kappa shape index (κ3) is 2.70. The number of carbonyl (C=O) groups excluding carboxylic acids is 1. The molecule has 0 rings (SSSR count). The van der Waals surface area contributed by atoms with Gasteiger partial charge in [0.25, 0.3) is 0 Å². The molecule has 1 atom stereocenters. The Labute approximate surface area is 56.0 Å². The number of alkyl halides is 3. The largest absolute Gasteiger partial charge is 0.444 e. The van der Waals surface area contributed by atoms with Crippen LogP contribution in [0.3, 0.4) is 0 Å². The molecule has 0 fully saturated rings. The van der Waals surface area contributed by atoms with Gasteiger partial charge in [-0.3, -0.25) is 0 Å².